The van der Waals surface area contributed by atoms with Gasteiger partial charge in [0.1, 0.15) is 0 Å². The Kier molecular flexibility index (Phi) is 8.05. The normalized spacial score (nSPS) is 16.7. The average Bonchev–Trinajstić information content (AvgIpc) is 3.48. The van der Waals surface area contributed by atoms with Crippen molar-refractivity contribution in [3.05, 3.63) is 71.8 Å². The second-order valence-corrected chi connectivity index (χ2v) is 7.89. The van der Waals surface area contributed by atoms with Gasteiger partial charge < -0.3 is 15.7 Å². The van der Waals surface area contributed by atoms with Crippen molar-refractivity contribution in [3.63, 3.8) is 0 Å². The van der Waals surface area contributed by atoms with Crippen LogP contribution in [0.25, 0.3) is 0 Å². The van der Waals surface area contributed by atoms with Gasteiger partial charge in [0.2, 0.25) is 0 Å². The van der Waals surface area contributed by atoms with E-state index < -0.39 is 6.10 Å². The Labute approximate surface area is 174 Å². The molecule has 2 atom stereocenters. The molecule has 0 spiro atoms. The van der Waals surface area contributed by atoms with Crippen LogP contribution in [-0.2, 0) is 6.42 Å². The van der Waals surface area contributed by atoms with Crippen LogP contribution in [-0.4, -0.2) is 35.2 Å². The van der Waals surface area contributed by atoms with E-state index in [4.69, 9.17) is 0 Å². The fourth-order valence-corrected chi connectivity index (χ4v) is 3.54. The molecule has 0 bridgehead atoms. The monoisotopic (exact) mass is 402 g/mol. The zero-order chi connectivity index (χ0) is 19.3. The van der Waals surface area contributed by atoms with E-state index in [-0.39, 0.29) is 29.9 Å². The zero-order valence-corrected chi connectivity index (χ0v) is 17.4. The Hall–Kier alpha value is -1.88. The molecule has 2 aromatic carbocycles. The lowest BCUT2D eigenvalue weighted by molar-refractivity contribution is 0.0817. The van der Waals surface area contributed by atoms with Gasteiger partial charge in [-0.25, -0.2) is 0 Å². The topological polar surface area (TPSA) is 61.4 Å². The fraction of sp³-hybridized carbons (Fsp3) is 0.435. The van der Waals surface area contributed by atoms with Crippen LogP contribution in [0.2, 0.25) is 0 Å². The van der Waals surface area contributed by atoms with Gasteiger partial charge in [-0.3, -0.25) is 4.79 Å². The predicted octanol–water partition coefficient (Wildman–Crippen LogP) is 3.59. The van der Waals surface area contributed by atoms with Crippen molar-refractivity contribution in [3.8, 4) is 0 Å². The Morgan fingerprint density at radius 2 is 1.61 bits per heavy atom. The lowest BCUT2D eigenvalue weighted by atomic mass is 9.98. The van der Waals surface area contributed by atoms with E-state index in [1.807, 2.05) is 48.5 Å². The van der Waals surface area contributed by atoms with E-state index in [2.05, 4.69) is 24.5 Å². The number of halogens is 1. The number of carbonyl (C=O) groups excluding carboxylic acids is 1. The fourth-order valence-electron chi connectivity index (χ4n) is 3.54. The van der Waals surface area contributed by atoms with Gasteiger partial charge in [0, 0.05) is 17.6 Å². The maximum Gasteiger partial charge on any atom is 0.251 e. The molecule has 1 aliphatic rings. The highest BCUT2D eigenvalue weighted by Crippen LogP contribution is 2.41. The van der Waals surface area contributed by atoms with Gasteiger partial charge in [0.05, 0.1) is 12.1 Å². The first-order valence-electron chi connectivity index (χ1n) is 9.83. The van der Waals surface area contributed by atoms with Crippen LogP contribution in [0.5, 0.6) is 0 Å². The summed E-state index contributed by atoms with van der Waals surface area (Å²) in [4.78, 5) is 12.6. The maximum atomic E-state index is 12.6. The molecule has 28 heavy (non-hydrogen) atoms. The largest absolute Gasteiger partial charge is 0.390 e. The molecule has 0 aliphatic heterocycles. The van der Waals surface area contributed by atoms with Gasteiger partial charge in [-0.05, 0) is 42.9 Å². The highest BCUT2D eigenvalue weighted by Gasteiger charge is 2.45. The number of nitrogens with one attached hydrogen (secondary N) is 2. The van der Waals surface area contributed by atoms with Crippen molar-refractivity contribution < 1.29 is 9.90 Å². The minimum Gasteiger partial charge on any atom is -0.390 e. The van der Waals surface area contributed by atoms with Crippen molar-refractivity contribution >= 4 is 18.3 Å². The summed E-state index contributed by atoms with van der Waals surface area (Å²) in [6, 6.07) is 18.8. The summed E-state index contributed by atoms with van der Waals surface area (Å²) >= 11 is 0. The highest BCUT2D eigenvalue weighted by molar-refractivity contribution is 5.94. The predicted molar refractivity (Wildman–Crippen MR) is 116 cm³/mol. The van der Waals surface area contributed by atoms with Crippen molar-refractivity contribution in [2.24, 2.45) is 5.92 Å². The number of benzene rings is 2. The minimum atomic E-state index is -0.658. The first kappa shape index (κ1) is 22.4. The van der Waals surface area contributed by atoms with E-state index in [9.17, 15) is 9.90 Å². The molecule has 152 valence electrons. The molecule has 1 aliphatic carbocycles. The number of rotatable bonds is 9. The van der Waals surface area contributed by atoms with Crippen LogP contribution < -0.4 is 10.6 Å². The SMILES string of the molecule is CC(C)C1(NC[C@H](O)[C@H](Cc2ccccc2)NC(=O)c2ccccc2)CC1.Cl. The lowest BCUT2D eigenvalue weighted by Crippen LogP contribution is -2.51. The average molecular weight is 403 g/mol. The van der Waals surface area contributed by atoms with Crippen molar-refractivity contribution in [2.75, 3.05) is 6.54 Å². The summed E-state index contributed by atoms with van der Waals surface area (Å²) in [5.74, 6) is 0.386. The third-order valence-corrected chi connectivity index (χ3v) is 5.67. The van der Waals surface area contributed by atoms with E-state index in [0.717, 1.165) is 18.4 Å². The van der Waals surface area contributed by atoms with Crippen LogP contribution in [0.3, 0.4) is 0 Å². The summed E-state index contributed by atoms with van der Waals surface area (Å²) in [5.41, 5.74) is 1.86. The van der Waals surface area contributed by atoms with Gasteiger partial charge in [-0.2, -0.15) is 0 Å². The van der Waals surface area contributed by atoms with Gasteiger partial charge >= 0.3 is 0 Å². The number of hydrogen-bond donors (Lipinski definition) is 3. The second kappa shape index (κ2) is 10.1. The van der Waals surface area contributed by atoms with Crippen LogP contribution in [0.4, 0.5) is 0 Å². The quantitative estimate of drug-likeness (QED) is 0.600. The Morgan fingerprint density at radius 3 is 2.14 bits per heavy atom. The third-order valence-electron chi connectivity index (χ3n) is 5.67. The summed E-state index contributed by atoms with van der Waals surface area (Å²) in [6.07, 6.45) is 2.24. The number of hydrogen-bond acceptors (Lipinski definition) is 3. The summed E-state index contributed by atoms with van der Waals surface area (Å²) in [7, 11) is 0. The number of β-amino-alcohol motifs (C(OH)–C–C–N with tert-alkyl or cyclic N) is 1. The lowest BCUT2D eigenvalue weighted by Gasteiger charge is -2.28. The van der Waals surface area contributed by atoms with E-state index in [0.29, 0.717) is 24.4 Å². The third kappa shape index (κ3) is 5.81. The standard InChI is InChI=1S/C23H30N2O2.ClH/c1-17(2)23(13-14-23)24-16-21(26)20(15-18-9-5-3-6-10-18)25-22(27)19-11-7-4-8-12-19;/h3-12,17,20-21,24,26H,13-16H2,1-2H3,(H,25,27);1H/t20-,21-;/m0./s1. The summed E-state index contributed by atoms with van der Waals surface area (Å²) in [5, 5.41) is 17.4. The molecule has 0 heterocycles. The number of amides is 1. The van der Waals surface area contributed by atoms with Crippen molar-refractivity contribution in [1.82, 2.24) is 10.6 Å². The smallest absolute Gasteiger partial charge is 0.251 e. The minimum absolute atomic E-state index is 0. The van der Waals surface area contributed by atoms with Gasteiger partial charge in [-0.1, -0.05) is 62.4 Å². The van der Waals surface area contributed by atoms with Crippen LogP contribution >= 0.6 is 12.4 Å². The Balaban J connectivity index is 0.00000280. The molecule has 3 N–H and O–H groups in total. The highest BCUT2D eigenvalue weighted by atomic mass is 35.5. The molecule has 1 amide bonds. The van der Waals surface area contributed by atoms with Crippen molar-refractivity contribution in [1.29, 1.82) is 0 Å². The maximum absolute atomic E-state index is 12.6. The van der Waals surface area contributed by atoms with Gasteiger partial charge in [0.25, 0.3) is 5.91 Å². The first-order valence-corrected chi connectivity index (χ1v) is 9.83. The summed E-state index contributed by atoms with van der Waals surface area (Å²) in [6.45, 7) is 4.90. The molecule has 0 radical (unpaired) electrons. The molecule has 1 saturated carbocycles. The van der Waals surface area contributed by atoms with Crippen LogP contribution in [0, 0.1) is 5.92 Å². The molecule has 4 nitrogen and oxygen atoms in total. The molecule has 0 aromatic heterocycles. The molecule has 3 rings (SSSR count). The van der Waals surface area contributed by atoms with Gasteiger partial charge in [0.15, 0.2) is 0 Å². The zero-order valence-electron chi connectivity index (χ0n) is 16.6. The molecule has 0 saturated heterocycles. The number of aliphatic hydroxyl groups is 1. The molecule has 2 aromatic rings. The Bertz CT molecular complexity index is 733. The second-order valence-electron chi connectivity index (χ2n) is 7.89. The first-order chi connectivity index (χ1) is 13.0. The molecular formula is C23H31ClN2O2. The van der Waals surface area contributed by atoms with Crippen molar-refractivity contribution in [2.45, 2.75) is 50.8 Å². The molecule has 1 fully saturated rings. The van der Waals surface area contributed by atoms with Gasteiger partial charge in [-0.15, -0.1) is 12.4 Å². The molecular weight excluding hydrogens is 372 g/mol. The molecule has 5 heteroatoms. The van der Waals surface area contributed by atoms with Crippen LogP contribution in [0.15, 0.2) is 60.7 Å². The van der Waals surface area contributed by atoms with Crippen LogP contribution in [0.1, 0.15) is 42.6 Å². The molecule has 0 unspecified atom stereocenters. The summed E-state index contributed by atoms with van der Waals surface area (Å²) < 4.78 is 0. The van der Waals surface area contributed by atoms with E-state index >= 15 is 0 Å². The number of carbonyl (C=O) groups is 1. The Morgan fingerprint density at radius 1 is 1.04 bits per heavy atom. The van der Waals surface area contributed by atoms with E-state index in [1.54, 1.807) is 12.1 Å². The van der Waals surface area contributed by atoms with E-state index in [1.165, 1.54) is 0 Å². The number of aliphatic hydroxyl groups excluding tert-OH is 1.